The summed E-state index contributed by atoms with van der Waals surface area (Å²) in [7, 11) is 3.19. The van der Waals surface area contributed by atoms with Gasteiger partial charge in [-0.15, -0.1) is 0 Å². The summed E-state index contributed by atoms with van der Waals surface area (Å²) >= 11 is 4.22. The van der Waals surface area contributed by atoms with E-state index in [-0.39, 0.29) is 23.2 Å². The molecular formula is C10H21NO3S. The molecule has 1 amide bonds. The minimum atomic E-state index is -0.273. The molecule has 1 N–H and O–H groups in total. The quantitative estimate of drug-likeness (QED) is 0.639. The number of ether oxygens (including phenoxy) is 2. The number of nitrogens with one attached hydrogen (secondary N) is 1. The maximum Gasteiger partial charge on any atom is 0.233 e. The molecule has 0 rings (SSSR count). The van der Waals surface area contributed by atoms with Crippen LogP contribution in [0.5, 0.6) is 0 Å². The van der Waals surface area contributed by atoms with Gasteiger partial charge in [0.05, 0.1) is 18.0 Å². The largest absolute Gasteiger partial charge is 0.382 e. The van der Waals surface area contributed by atoms with Crippen molar-refractivity contribution in [2.75, 3.05) is 27.4 Å². The SMILES string of the molecule is COCC(CNC(=O)C(S)C(C)C)OC. The Kier molecular flexibility index (Phi) is 7.82. The van der Waals surface area contributed by atoms with Crippen LogP contribution >= 0.6 is 12.6 Å². The molecule has 0 aromatic carbocycles. The van der Waals surface area contributed by atoms with Gasteiger partial charge in [0, 0.05) is 20.8 Å². The van der Waals surface area contributed by atoms with E-state index in [1.807, 2.05) is 13.8 Å². The highest BCUT2D eigenvalue weighted by Gasteiger charge is 2.18. The second-order valence-electron chi connectivity index (χ2n) is 3.75. The van der Waals surface area contributed by atoms with Crippen molar-refractivity contribution >= 4 is 18.5 Å². The van der Waals surface area contributed by atoms with Crippen molar-refractivity contribution in [1.29, 1.82) is 0 Å². The molecule has 0 aliphatic carbocycles. The van der Waals surface area contributed by atoms with Crippen LogP contribution < -0.4 is 5.32 Å². The van der Waals surface area contributed by atoms with Crippen molar-refractivity contribution in [3.63, 3.8) is 0 Å². The van der Waals surface area contributed by atoms with Crippen molar-refractivity contribution in [2.45, 2.75) is 25.2 Å². The molecule has 0 spiro atoms. The summed E-state index contributed by atoms with van der Waals surface area (Å²) in [6.07, 6.45) is -0.105. The lowest BCUT2D eigenvalue weighted by Crippen LogP contribution is -2.40. The van der Waals surface area contributed by atoms with Gasteiger partial charge < -0.3 is 14.8 Å². The smallest absolute Gasteiger partial charge is 0.233 e. The van der Waals surface area contributed by atoms with E-state index in [1.165, 1.54) is 0 Å². The van der Waals surface area contributed by atoms with E-state index < -0.39 is 0 Å². The van der Waals surface area contributed by atoms with Crippen LogP contribution in [0.25, 0.3) is 0 Å². The molecule has 4 nitrogen and oxygen atoms in total. The van der Waals surface area contributed by atoms with Crippen LogP contribution in [-0.2, 0) is 14.3 Å². The number of methoxy groups -OCH3 is 2. The van der Waals surface area contributed by atoms with Gasteiger partial charge in [0.2, 0.25) is 5.91 Å². The van der Waals surface area contributed by atoms with Crippen molar-refractivity contribution in [3.05, 3.63) is 0 Å². The third kappa shape index (κ3) is 6.02. The highest BCUT2D eigenvalue weighted by molar-refractivity contribution is 7.81. The second kappa shape index (κ2) is 7.96. The average molecular weight is 235 g/mol. The molecule has 0 aromatic rings. The standard InChI is InChI=1S/C10H21NO3S/c1-7(2)9(15)10(12)11-5-8(14-4)6-13-3/h7-9,15H,5-6H2,1-4H3,(H,11,12). The Morgan fingerprint density at radius 1 is 1.40 bits per heavy atom. The van der Waals surface area contributed by atoms with Gasteiger partial charge in [-0.25, -0.2) is 0 Å². The normalized spacial score (nSPS) is 15.1. The summed E-state index contributed by atoms with van der Waals surface area (Å²) in [4.78, 5) is 11.5. The molecule has 0 fully saturated rings. The fraction of sp³-hybridized carbons (Fsp3) is 0.900. The van der Waals surface area contributed by atoms with Crippen LogP contribution in [-0.4, -0.2) is 44.6 Å². The van der Waals surface area contributed by atoms with E-state index in [0.717, 1.165) is 0 Å². The molecule has 2 atom stereocenters. The molecule has 0 radical (unpaired) electrons. The van der Waals surface area contributed by atoms with E-state index >= 15 is 0 Å². The molecule has 0 bridgehead atoms. The Bertz CT molecular complexity index is 188. The Labute approximate surface area is 97.1 Å². The van der Waals surface area contributed by atoms with E-state index in [2.05, 4.69) is 17.9 Å². The first-order valence-corrected chi connectivity index (χ1v) is 5.52. The van der Waals surface area contributed by atoms with Gasteiger partial charge in [-0.1, -0.05) is 13.8 Å². The van der Waals surface area contributed by atoms with E-state index in [4.69, 9.17) is 9.47 Å². The number of carbonyl (C=O) groups excluding carboxylic acids is 1. The Morgan fingerprint density at radius 3 is 2.40 bits per heavy atom. The van der Waals surface area contributed by atoms with Crippen LogP contribution in [0.3, 0.4) is 0 Å². The Morgan fingerprint density at radius 2 is 2.00 bits per heavy atom. The summed E-state index contributed by atoms with van der Waals surface area (Å²) < 4.78 is 10.1. The third-order valence-corrected chi connectivity index (χ3v) is 2.92. The van der Waals surface area contributed by atoms with Crippen LogP contribution in [0, 0.1) is 5.92 Å². The molecule has 5 heteroatoms. The first-order valence-electron chi connectivity index (χ1n) is 5.00. The highest BCUT2D eigenvalue weighted by atomic mass is 32.1. The summed E-state index contributed by atoms with van der Waals surface area (Å²) in [6, 6.07) is 0. The molecule has 2 unspecified atom stereocenters. The Balaban J connectivity index is 3.87. The first-order chi connectivity index (χ1) is 7.02. The molecular weight excluding hydrogens is 214 g/mol. The third-order valence-electron chi connectivity index (χ3n) is 2.09. The summed E-state index contributed by atoms with van der Waals surface area (Å²) in [5.74, 6) is 0.156. The molecule has 90 valence electrons. The van der Waals surface area contributed by atoms with Crippen molar-refractivity contribution < 1.29 is 14.3 Å². The monoisotopic (exact) mass is 235 g/mol. The van der Waals surface area contributed by atoms with Crippen LogP contribution in [0.2, 0.25) is 0 Å². The van der Waals surface area contributed by atoms with Crippen molar-refractivity contribution in [3.8, 4) is 0 Å². The van der Waals surface area contributed by atoms with Gasteiger partial charge in [-0.2, -0.15) is 12.6 Å². The number of carbonyl (C=O) groups is 1. The second-order valence-corrected chi connectivity index (χ2v) is 4.30. The molecule has 0 aromatic heterocycles. The fourth-order valence-electron chi connectivity index (χ4n) is 1.02. The van der Waals surface area contributed by atoms with Gasteiger partial charge in [0.1, 0.15) is 0 Å². The van der Waals surface area contributed by atoms with Crippen LogP contribution in [0.1, 0.15) is 13.8 Å². The number of amides is 1. The minimum Gasteiger partial charge on any atom is -0.382 e. The van der Waals surface area contributed by atoms with E-state index in [0.29, 0.717) is 13.2 Å². The van der Waals surface area contributed by atoms with Gasteiger partial charge in [-0.05, 0) is 5.92 Å². The first kappa shape index (κ1) is 14.7. The molecule has 15 heavy (non-hydrogen) atoms. The van der Waals surface area contributed by atoms with Gasteiger partial charge >= 0.3 is 0 Å². The Hall–Kier alpha value is -0.260. The zero-order valence-electron chi connectivity index (χ0n) is 9.82. The maximum absolute atomic E-state index is 11.5. The summed E-state index contributed by atoms with van der Waals surface area (Å²) in [5.41, 5.74) is 0. The topological polar surface area (TPSA) is 47.6 Å². The van der Waals surface area contributed by atoms with E-state index in [9.17, 15) is 4.79 Å². The lowest BCUT2D eigenvalue weighted by Gasteiger charge is -2.18. The molecule has 0 heterocycles. The number of thiol groups is 1. The van der Waals surface area contributed by atoms with E-state index in [1.54, 1.807) is 14.2 Å². The minimum absolute atomic E-state index is 0.0634. The van der Waals surface area contributed by atoms with Gasteiger partial charge in [0.15, 0.2) is 0 Å². The number of rotatable bonds is 7. The lowest BCUT2D eigenvalue weighted by molar-refractivity contribution is -0.121. The van der Waals surface area contributed by atoms with Gasteiger partial charge in [0.25, 0.3) is 0 Å². The molecule has 0 saturated carbocycles. The lowest BCUT2D eigenvalue weighted by atomic mass is 10.1. The molecule has 0 saturated heterocycles. The fourth-order valence-corrected chi connectivity index (χ4v) is 1.11. The zero-order chi connectivity index (χ0) is 11.8. The predicted octanol–water partition coefficient (Wildman–Crippen LogP) is 0.718. The average Bonchev–Trinajstić information content (AvgIpc) is 2.22. The molecule has 0 aliphatic rings. The number of hydrogen-bond acceptors (Lipinski definition) is 4. The maximum atomic E-state index is 11.5. The van der Waals surface area contributed by atoms with Gasteiger partial charge in [-0.3, -0.25) is 4.79 Å². The number of hydrogen-bond donors (Lipinski definition) is 2. The van der Waals surface area contributed by atoms with Crippen LogP contribution in [0.4, 0.5) is 0 Å². The predicted molar refractivity (Wildman–Crippen MR) is 63.3 cm³/mol. The summed E-state index contributed by atoms with van der Waals surface area (Å²) in [5, 5.41) is 2.51. The van der Waals surface area contributed by atoms with Crippen molar-refractivity contribution in [2.24, 2.45) is 5.92 Å². The zero-order valence-corrected chi connectivity index (χ0v) is 10.7. The van der Waals surface area contributed by atoms with Crippen LogP contribution in [0.15, 0.2) is 0 Å². The highest BCUT2D eigenvalue weighted by Crippen LogP contribution is 2.08. The summed E-state index contributed by atoms with van der Waals surface area (Å²) in [6.45, 7) is 4.84. The van der Waals surface area contributed by atoms with Crippen molar-refractivity contribution in [1.82, 2.24) is 5.32 Å². The molecule has 0 aliphatic heterocycles.